The van der Waals surface area contributed by atoms with Gasteiger partial charge < -0.3 is 10.1 Å². The largest absolute Gasteiger partial charge is 0.381 e. The molecular weight excluding hydrogens is 234 g/mol. The smallest absolute Gasteiger partial charge is 0.0478 e. The molecule has 1 aliphatic rings. The molecule has 19 heavy (non-hydrogen) atoms. The summed E-state index contributed by atoms with van der Waals surface area (Å²) in [6, 6.07) is 9.51. The SMILES string of the molecule is CCCCOCCCNC1CCc2ccccc2C1. The summed E-state index contributed by atoms with van der Waals surface area (Å²) in [5.41, 5.74) is 3.08. The van der Waals surface area contributed by atoms with E-state index in [4.69, 9.17) is 4.74 Å². The molecule has 1 aromatic rings. The molecule has 0 amide bonds. The van der Waals surface area contributed by atoms with Gasteiger partial charge in [-0.3, -0.25) is 0 Å². The summed E-state index contributed by atoms with van der Waals surface area (Å²) in [6.45, 7) is 5.11. The van der Waals surface area contributed by atoms with Gasteiger partial charge >= 0.3 is 0 Å². The fraction of sp³-hybridized carbons (Fsp3) is 0.647. The Morgan fingerprint density at radius 3 is 2.79 bits per heavy atom. The Bertz CT molecular complexity index is 364. The molecule has 0 aromatic heterocycles. The van der Waals surface area contributed by atoms with Crippen molar-refractivity contribution in [2.45, 2.75) is 51.5 Å². The van der Waals surface area contributed by atoms with E-state index in [1.807, 2.05) is 0 Å². The maximum atomic E-state index is 5.58. The zero-order valence-electron chi connectivity index (χ0n) is 12.2. The lowest BCUT2D eigenvalue weighted by Gasteiger charge is -2.25. The summed E-state index contributed by atoms with van der Waals surface area (Å²) in [5, 5.41) is 3.67. The molecule has 0 bridgehead atoms. The second-order valence-electron chi connectivity index (χ2n) is 5.48. The van der Waals surface area contributed by atoms with Gasteiger partial charge in [0.25, 0.3) is 0 Å². The van der Waals surface area contributed by atoms with Crippen molar-refractivity contribution in [3.8, 4) is 0 Å². The molecule has 0 saturated carbocycles. The third kappa shape index (κ3) is 4.96. The number of hydrogen-bond acceptors (Lipinski definition) is 2. The number of unbranched alkanes of at least 4 members (excludes halogenated alkanes) is 1. The lowest BCUT2D eigenvalue weighted by atomic mass is 9.88. The van der Waals surface area contributed by atoms with Crippen molar-refractivity contribution < 1.29 is 4.74 Å². The predicted octanol–water partition coefficient (Wildman–Crippen LogP) is 3.34. The lowest BCUT2D eigenvalue weighted by molar-refractivity contribution is 0.128. The van der Waals surface area contributed by atoms with Gasteiger partial charge in [0.2, 0.25) is 0 Å². The van der Waals surface area contributed by atoms with Gasteiger partial charge in [-0.1, -0.05) is 37.6 Å². The number of ether oxygens (including phenoxy) is 1. The van der Waals surface area contributed by atoms with Crippen molar-refractivity contribution in [1.29, 1.82) is 0 Å². The standard InChI is InChI=1S/C17H27NO/c1-2-3-12-19-13-6-11-18-17-10-9-15-7-4-5-8-16(15)14-17/h4-5,7-8,17-18H,2-3,6,9-14H2,1H3. The van der Waals surface area contributed by atoms with Crippen LogP contribution in [0.2, 0.25) is 0 Å². The van der Waals surface area contributed by atoms with Gasteiger partial charge in [0.05, 0.1) is 0 Å². The first-order chi connectivity index (χ1) is 9.40. The molecule has 1 aromatic carbocycles. The lowest BCUT2D eigenvalue weighted by Crippen LogP contribution is -2.35. The number of fused-ring (bicyclic) bond motifs is 1. The van der Waals surface area contributed by atoms with E-state index >= 15 is 0 Å². The quantitative estimate of drug-likeness (QED) is 0.725. The van der Waals surface area contributed by atoms with Crippen LogP contribution in [-0.2, 0) is 17.6 Å². The Balaban J connectivity index is 1.58. The van der Waals surface area contributed by atoms with Crippen LogP contribution >= 0.6 is 0 Å². The van der Waals surface area contributed by atoms with Gasteiger partial charge in [-0.25, -0.2) is 0 Å². The minimum atomic E-state index is 0.658. The van der Waals surface area contributed by atoms with E-state index in [1.54, 1.807) is 5.56 Å². The Morgan fingerprint density at radius 2 is 1.95 bits per heavy atom. The average Bonchev–Trinajstić information content (AvgIpc) is 2.46. The zero-order chi connectivity index (χ0) is 13.3. The maximum absolute atomic E-state index is 5.58. The van der Waals surface area contributed by atoms with E-state index in [0.29, 0.717) is 6.04 Å². The van der Waals surface area contributed by atoms with Crippen molar-refractivity contribution in [2.24, 2.45) is 0 Å². The van der Waals surface area contributed by atoms with Crippen molar-refractivity contribution >= 4 is 0 Å². The van der Waals surface area contributed by atoms with Crippen molar-refractivity contribution in [1.82, 2.24) is 5.32 Å². The van der Waals surface area contributed by atoms with E-state index in [-0.39, 0.29) is 0 Å². The van der Waals surface area contributed by atoms with Crippen LogP contribution in [0.15, 0.2) is 24.3 Å². The van der Waals surface area contributed by atoms with Crippen molar-refractivity contribution in [3.63, 3.8) is 0 Å². The molecule has 0 heterocycles. The van der Waals surface area contributed by atoms with E-state index in [2.05, 4.69) is 36.5 Å². The first-order valence-electron chi connectivity index (χ1n) is 7.78. The first kappa shape index (κ1) is 14.5. The molecule has 2 rings (SSSR count). The molecule has 0 spiro atoms. The molecule has 0 fully saturated rings. The number of hydrogen-bond donors (Lipinski definition) is 1. The second-order valence-corrected chi connectivity index (χ2v) is 5.48. The van der Waals surface area contributed by atoms with Crippen LogP contribution < -0.4 is 5.32 Å². The fourth-order valence-electron chi connectivity index (χ4n) is 2.70. The van der Waals surface area contributed by atoms with Crippen molar-refractivity contribution in [3.05, 3.63) is 35.4 Å². The first-order valence-corrected chi connectivity index (χ1v) is 7.78. The minimum absolute atomic E-state index is 0.658. The monoisotopic (exact) mass is 261 g/mol. The third-order valence-electron chi connectivity index (χ3n) is 3.89. The molecule has 0 radical (unpaired) electrons. The number of rotatable bonds is 8. The molecule has 2 nitrogen and oxygen atoms in total. The average molecular weight is 261 g/mol. The number of aryl methyl sites for hydroxylation is 1. The highest BCUT2D eigenvalue weighted by Gasteiger charge is 2.16. The predicted molar refractivity (Wildman–Crippen MR) is 80.6 cm³/mol. The molecule has 1 aliphatic carbocycles. The van der Waals surface area contributed by atoms with Crippen LogP contribution in [-0.4, -0.2) is 25.8 Å². The number of benzene rings is 1. The van der Waals surface area contributed by atoms with Gasteiger partial charge in [0.1, 0.15) is 0 Å². The summed E-state index contributed by atoms with van der Waals surface area (Å²) in [7, 11) is 0. The van der Waals surface area contributed by atoms with E-state index in [0.717, 1.165) is 26.2 Å². The van der Waals surface area contributed by atoms with E-state index in [1.165, 1.54) is 37.7 Å². The second kappa shape index (κ2) is 8.34. The van der Waals surface area contributed by atoms with Gasteiger partial charge in [0.15, 0.2) is 0 Å². The van der Waals surface area contributed by atoms with Gasteiger partial charge in [-0.2, -0.15) is 0 Å². The fourth-order valence-corrected chi connectivity index (χ4v) is 2.70. The number of nitrogens with one attached hydrogen (secondary N) is 1. The minimum Gasteiger partial charge on any atom is -0.381 e. The summed E-state index contributed by atoms with van der Waals surface area (Å²) < 4.78 is 5.58. The van der Waals surface area contributed by atoms with Crippen LogP contribution in [0.25, 0.3) is 0 Å². The highest BCUT2D eigenvalue weighted by molar-refractivity contribution is 5.30. The molecule has 106 valence electrons. The molecular formula is C17H27NO. The highest BCUT2D eigenvalue weighted by atomic mass is 16.5. The summed E-state index contributed by atoms with van der Waals surface area (Å²) >= 11 is 0. The summed E-state index contributed by atoms with van der Waals surface area (Å²) in [4.78, 5) is 0. The zero-order valence-corrected chi connectivity index (χ0v) is 12.2. The third-order valence-corrected chi connectivity index (χ3v) is 3.89. The molecule has 0 aliphatic heterocycles. The van der Waals surface area contributed by atoms with Crippen LogP contribution in [0, 0.1) is 0 Å². The van der Waals surface area contributed by atoms with Crippen LogP contribution in [0.3, 0.4) is 0 Å². The molecule has 1 N–H and O–H groups in total. The topological polar surface area (TPSA) is 21.3 Å². The summed E-state index contributed by atoms with van der Waals surface area (Å²) in [6.07, 6.45) is 7.22. The molecule has 1 unspecified atom stereocenters. The Kier molecular flexibility index (Phi) is 6.38. The molecule has 2 heteroatoms. The van der Waals surface area contributed by atoms with Crippen molar-refractivity contribution in [2.75, 3.05) is 19.8 Å². The van der Waals surface area contributed by atoms with Gasteiger partial charge in [-0.15, -0.1) is 0 Å². The Morgan fingerprint density at radius 1 is 1.16 bits per heavy atom. The molecule has 1 atom stereocenters. The van der Waals surface area contributed by atoms with Crippen LogP contribution in [0.4, 0.5) is 0 Å². The normalized spacial score (nSPS) is 18.3. The maximum Gasteiger partial charge on any atom is 0.0478 e. The van der Waals surface area contributed by atoms with Crippen LogP contribution in [0.1, 0.15) is 43.7 Å². The van der Waals surface area contributed by atoms with Crippen LogP contribution in [0.5, 0.6) is 0 Å². The summed E-state index contributed by atoms with van der Waals surface area (Å²) in [5.74, 6) is 0. The Hall–Kier alpha value is -0.860. The van der Waals surface area contributed by atoms with E-state index < -0.39 is 0 Å². The Labute approximate surface area is 117 Å². The van der Waals surface area contributed by atoms with Gasteiger partial charge in [0, 0.05) is 19.3 Å². The highest BCUT2D eigenvalue weighted by Crippen LogP contribution is 2.20. The van der Waals surface area contributed by atoms with Gasteiger partial charge in [-0.05, 0) is 49.8 Å². The van der Waals surface area contributed by atoms with E-state index in [9.17, 15) is 0 Å². The molecule has 0 saturated heterocycles.